The van der Waals surface area contributed by atoms with Gasteiger partial charge in [-0.1, -0.05) is 18.2 Å². The van der Waals surface area contributed by atoms with Gasteiger partial charge >= 0.3 is 0 Å². The summed E-state index contributed by atoms with van der Waals surface area (Å²) in [6, 6.07) is 8.26. The van der Waals surface area contributed by atoms with E-state index in [1.54, 1.807) is 30.3 Å². The number of aryl methyl sites for hydroxylation is 1. The van der Waals surface area contributed by atoms with Crippen LogP contribution in [0, 0.1) is 5.92 Å². The quantitative estimate of drug-likeness (QED) is 0.734. The number of carbonyl (C=O) groups excluding carboxylic acids is 2. The molecule has 2 aromatic rings. The molecule has 1 aromatic carbocycles. The van der Waals surface area contributed by atoms with E-state index in [2.05, 4.69) is 5.32 Å². The van der Waals surface area contributed by atoms with E-state index < -0.39 is 21.8 Å². The third-order valence-electron chi connectivity index (χ3n) is 5.79. The normalized spacial score (nSPS) is 19.8. The van der Waals surface area contributed by atoms with Crippen molar-refractivity contribution in [3.63, 3.8) is 0 Å². The van der Waals surface area contributed by atoms with Crippen molar-refractivity contribution in [2.24, 2.45) is 11.7 Å². The summed E-state index contributed by atoms with van der Waals surface area (Å²) in [5.74, 6) is -1.26. The molecule has 4 rings (SSSR count). The molecule has 0 radical (unpaired) electrons. The molecule has 1 aliphatic heterocycles. The van der Waals surface area contributed by atoms with Gasteiger partial charge in [0.05, 0.1) is 16.4 Å². The number of primary amides is 1. The van der Waals surface area contributed by atoms with Gasteiger partial charge in [-0.25, -0.2) is 8.42 Å². The Morgan fingerprint density at radius 2 is 1.83 bits per heavy atom. The molecule has 1 aromatic heterocycles. The molecule has 160 valence electrons. The van der Waals surface area contributed by atoms with Crippen molar-refractivity contribution < 1.29 is 18.0 Å². The monoisotopic (exact) mass is 447 g/mol. The number of piperidine rings is 1. The van der Waals surface area contributed by atoms with Crippen molar-refractivity contribution in [3.05, 3.63) is 46.3 Å². The number of sulfonamides is 1. The molecule has 7 nitrogen and oxygen atoms in total. The molecule has 0 bridgehead atoms. The number of amides is 2. The van der Waals surface area contributed by atoms with Gasteiger partial charge in [-0.3, -0.25) is 9.59 Å². The number of hydrogen-bond donors (Lipinski definition) is 2. The van der Waals surface area contributed by atoms with E-state index in [9.17, 15) is 18.0 Å². The molecule has 1 aliphatic carbocycles. The van der Waals surface area contributed by atoms with Crippen LogP contribution in [-0.4, -0.2) is 37.6 Å². The fourth-order valence-electron chi connectivity index (χ4n) is 4.24. The zero-order valence-corrected chi connectivity index (χ0v) is 18.2. The summed E-state index contributed by atoms with van der Waals surface area (Å²) in [5.41, 5.74) is 7.00. The molecule has 1 fully saturated rings. The van der Waals surface area contributed by atoms with E-state index in [-0.39, 0.29) is 17.3 Å². The number of benzene rings is 1. The first-order valence-electron chi connectivity index (χ1n) is 10.2. The van der Waals surface area contributed by atoms with E-state index >= 15 is 0 Å². The first-order chi connectivity index (χ1) is 14.4. The molecule has 30 heavy (non-hydrogen) atoms. The Hall–Kier alpha value is -2.23. The van der Waals surface area contributed by atoms with Gasteiger partial charge in [0.25, 0.3) is 5.91 Å². The molecule has 9 heteroatoms. The Morgan fingerprint density at radius 1 is 1.10 bits per heavy atom. The number of carbonyl (C=O) groups is 2. The molecule has 1 unspecified atom stereocenters. The molecule has 3 N–H and O–H groups in total. The van der Waals surface area contributed by atoms with Crippen LogP contribution in [0.15, 0.2) is 35.2 Å². The van der Waals surface area contributed by atoms with Crippen LogP contribution >= 0.6 is 11.3 Å². The van der Waals surface area contributed by atoms with Gasteiger partial charge in [0.15, 0.2) is 0 Å². The summed E-state index contributed by atoms with van der Waals surface area (Å²) in [4.78, 5) is 26.4. The second-order valence-corrected chi connectivity index (χ2v) is 10.8. The Balaban J connectivity index is 1.52. The van der Waals surface area contributed by atoms with Crippen molar-refractivity contribution in [1.82, 2.24) is 4.31 Å². The predicted octanol–water partition coefficient (Wildman–Crippen LogP) is 2.77. The van der Waals surface area contributed by atoms with Gasteiger partial charge in [-0.2, -0.15) is 4.31 Å². The van der Waals surface area contributed by atoms with E-state index in [4.69, 9.17) is 5.73 Å². The van der Waals surface area contributed by atoms with Crippen LogP contribution < -0.4 is 11.1 Å². The average Bonchev–Trinajstić information content (AvgIpc) is 3.12. The average molecular weight is 448 g/mol. The zero-order chi connectivity index (χ0) is 21.3. The Morgan fingerprint density at radius 3 is 2.57 bits per heavy atom. The van der Waals surface area contributed by atoms with Gasteiger partial charge in [0.1, 0.15) is 5.00 Å². The third-order valence-corrected chi connectivity index (χ3v) is 8.88. The first-order valence-corrected chi connectivity index (χ1v) is 12.4. The maximum absolute atomic E-state index is 13.0. The minimum absolute atomic E-state index is 0.125. The molecule has 2 aliphatic rings. The smallest absolute Gasteiger partial charge is 0.251 e. The summed E-state index contributed by atoms with van der Waals surface area (Å²) in [6.07, 6.45) is 4.97. The van der Waals surface area contributed by atoms with Crippen molar-refractivity contribution >= 4 is 38.2 Å². The maximum Gasteiger partial charge on any atom is 0.251 e. The van der Waals surface area contributed by atoms with Crippen LogP contribution in [0.5, 0.6) is 0 Å². The lowest BCUT2D eigenvalue weighted by molar-refractivity contribution is -0.120. The highest BCUT2D eigenvalue weighted by Gasteiger charge is 2.34. The topological polar surface area (TPSA) is 110 Å². The van der Waals surface area contributed by atoms with Crippen molar-refractivity contribution in [2.45, 2.75) is 43.4 Å². The number of nitrogens with one attached hydrogen (secondary N) is 1. The van der Waals surface area contributed by atoms with Crippen molar-refractivity contribution in [1.29, 1.82) is 0 Å². The summed E-state index contributed by atoms with van der Waals surface area (Å²) >= 11 is 1.42. The molecule has 1 atom stereocenters. The number of fused-ring (bicyclic) bond motifs is 1. The van der Waals surface area contributed by atoms with Crippen LogP contribution in [0.3, 0.4) is 0 Å². The SMILES string of the molecule is NC(=O)c1c(NC(=O)C2CCCN(S(=O)(=O)c3ccccc3)C2)sc2c1CCCC2. The lowest BCUT2D eigenvalue weighted by Crippen LogP contribution is -2.43. The Bertz CT molecular complexity index is 1060. The predicted molar refractivity (Wildman–Crippen MR) is 116 cm³/mol. The first kappa shape index (κ1) is 21.0. The summed E-state index contributed by atoms with van der Waals surface area (Å²) in [7, 11) is -3.64. The van der Waals surface area contributed by atoms with Crippen LogP contribution in [-0.2, 0) is 27.7 Å². The van der Waals surface area contributed by atoms with Crippen LogP contribution in [0.2, 0.25) is 0 Å². The molecule has 0 spiro atoms. The highest BCUT2D eigenvalue weighted by Crippen LogP contribution is 2.38. The third kappa shape index (κ3) is 4.01. The Kier molecular flexibility index (Phi) is 5.95. The van der Waals surface area contributed by atoms with Crippen molar-refractivity contribution in [3.8, 4) is 0 Å². The van der Waals surface area contributed by atoms with E-state index in [0.717, 1.165) is 36.1 Å². The molecule has 2 amide bonds. The summed E-state index contributed by atoms with van der Waals surface area (Å²) in [6.45, 7) is 0.515. The second-order valence-electron chi connectivity index (χ2n) is 7.78. The fourth-order valence-corrected chi connectivity index (χ4v) is 7.09. The number of rotatable bonds is 5. The minimum atomic E-state index is -3.64. The standard InChI is InChI=1S/C21H25N3O4S2/c22-19(25)18-16-10-4-5-11-17(16)29-21(18)23-20(26)14-7-6-12-24(13-14)30(27,28)15-8-2-1-3-9-15/h1-3,8-9,14H,4-7,10-13H2,(H2,22,25)(H,23,26). The molecule has 1 saturated heterocycles. The fraction of sp³-hybridized carbons (Fsp3) is 0.429. The van der Waals surface area contributed by atoms with E-state index in [1.807, 2.05) is 0 Å². The van der Waals surface area contributed by atoms with E-state index in [1.165, 1.54) is 15.6 Å². The highest BCUT2D eigenvalue weighted by molar-refractivity contribution is 7.89. The molecule has 2 heterocycles. The number of thiophene rings is 1. The summed E-state index contributed by atoms with van der Waals surface area (Å²) < 4.78 is 27.2. The maximum atomic E-state index is 13.0. The zero-order valence-electron chi connectivity index (χ0n) is 16.6. The van der Waals surface area contributed by atoms with Crippen LogP contribution in [0.1, 0.15) is 46.5 Å². The van der Waals surface area contributed by atoms with Crippen LogP contribution in [0.25, 0.3) is 0 Å². The minimum Gasteiger partial charge on any atom is -0.365 e. The van der Waals surface area contributed by atoms with Gasteiger partial charge in [-0.05, 0) is 56.2 Å². The Labute approximate surface area is 180 Å². The summed E-state index contributed by atoms with van der Waals surface area (Å²) in [5, 5.41) is 3.39. The second kappa shape index (κ2) is 8.49. The number of hydrogen-bond acceptors (Lipinski definition) is 5. The number of nitrogens with zero attached hydrogens (tertiary/aromatic N) is 1. The molecular weight excluding hydrogens is 422 g/mol. The van der Waals surface area contributed by atoms with Gasteiger partial charge in [-0.15, -0.1) is 11.3 Å². The van der Waals surface area contributed by atoms with Gasteiger partial charge in [0.2, 0.25) is 15.9 Å². The largest absolute Gasteiger partial charge is 0.365 e. The van der Waals surface area contributed by atoms with Crippen molar-refractivity contribution in [2.75, 3.05) is 18.4 Å². The number of nitrogens with two attached hydrogens (primary N) is 1. The van der Waals surface area contributed by atoms with Gasteiger partial charge < -0.3 is 11.1 Å². The molecule has 0 saturated carbocycles. The van der Waals surface area contributed by atoms with Gasteiger partial charge in [0, 0.05) is 18.0 Å². The van der Waals surface area contributed by atoms with Crippen LogP contribution in [0.4, 0.5) is 5.00 Å². The lowest BCUT2D eigenvalue weighted by Gasteiger charge is -2.31. The number of anilines is 1. The van der Waals surface area contributed by atoms with E-state index in [0.29, 0.717) is 30.0 Å². The molecular formula is C21H25N3O4S2. The lowest BCUT2D eigenvalue weighted by atomic mass is 9.95. The highest BCUT2D eigenvalue weighted by atomic mass is 32.2.